The molecule has 9 heteroatoms. The molecule has 3 heterocycles. The van der Waals surface area contributed by atoms with Crippen molar-refractivity contribution in [3.63, 3.8) is 0 Å². The fraction of sp³-hybridized carbons (Fsp3) is 0.360. The number of hydrogen-bond donors (Lipinski definition) is 2. The molecule has 1 aromatic heterocycles. The minimum atomic E-state index is -0.878. The molecular formula is C25H26N4O5. The Morgan fingerprint density at radius 1 is 1.18 bits per heavy atom. The molecule has 1 saturated heterocycles. The van der Waals surface area contributed by atoms with E-state index in [1.165, 1.54) is 4.90 Å². The number of aromatic nitrogens is 1. The number of hydrazone groups is 1. The van der Waals surface area contributed by atoms with Crippen LogP contribution in [-0.2, 0) is 4.79 Å². The van der Waals surface area contributed by atoms with Crippen LogP contribution in [-0.4, -0.2) is 51.9 Å². The summed E-state index contributed by atoms with van der Waals surface area (Å²) >= 11 is 0. The molecular weight excluding hydrogens is 436 g/mol. The zero-order valence-electron chi connectivity index (χ0n) is 18.9. The highest BCUT2D eigenvalue weighted by molar-refractivity contribution is 6.07. The molecule has 1 atom stereocenters. The number of oxazole rings is 1. The van der Waals surface area contributed by atoms with E-state index in [1.54, 1.807) is 0 Å². The molecule has 2 aromatic carbocycles. The minimum absolute atomic E-state index is 0.00336. The number of benzene rings is 2. The van der Waals surface area contributed by atoms with Gasteiger partial charge in [-0.3, -0.25) is 4.79 Å². The van der Waals surface area contributed by atoms with Gasteiger partial charge < -0.3 is 19.2 Å². The van der Waals surface area contributed by atoms with Gasteiger partial charge >= 0.3 is 6.09 Å². The van der Waals surface area contributed by atoms with Gasteiger partial charge in [0.15, 0.2) is 5.58 Å². The Morgan fingerprint density at radius 2 is 1.91 bits per heavy atom. The van der Waals surface area contributed by atoms with E-state index in [9.17, 15) is 9.59 Å². The maximum atomic E-state index is 11.7. The Kier molecular flexibility index (Phi) is 5.91. The van der Waals surface area contributed by atoms with Gasteiger partial charge in [0.2, 0.25) is 11.8 Å². The van der Waals surface area contributed by atoms with Crippen molar-refractivity contribution >= 4 is 28.8 Å². The number of nitrogens with one attached hydrogen (secondary N) is 1. The number of hydrogen-bond acceptors (Lipinski definition) is 6. The lowest BCUT2D eigenvalue weighted by atomic mass is 9.90. The first-order valence-corrected chi connectivity index (χ1v) is 11.5. The minimum Gasteiger partial charge on any atom is -0.490 e. The van der Waals surface area contributed by atoms with Crippen LogP contribution in [0.4, 0.5) is 4.79 Å². The summed E-state index contributed by atoms with van der Waals surface area (Å²) in [5, 5.41) is 13.4. The Morgan fingerprint density at radius 3 is 2.62 bits per heavy atom. The summed E-state index contributed by atoms with van der Waals surface area (Å²) in [6.07, 6.45) is 1.74. The van der Waals surface area contributed by atoms with Crippen LogP contribution in [0.3, 0.4) is 0 Å². The summed E-state index contributed by atoms with van der Waals surface area (Å²) in [6.45, 7) is 3.03. The summed E-state index contributed by atoms with van der Waals surface area (Å²) in [5.41, 5.74) is 6.59. The molecule has 2 aliphatic heterocycles. The molecule has 1 unspecified atom stereocenters. The third-order valence-electron chi connectivity index (χ3n) is 6.41. The SMILES string of the molecule is CCC1CC(=O)NN=C1c1ccc2nc(-c3ccc(OC4CCN(C(=O)O)CC4)cc3)oc2c1. The number of carbonyl (C=O) groups excluding carboxylic acids is 1. The van der Waals surface area contributed by atoms with Crippen molar-refractivity contribution in [2.24, 2.45) is 11.0 Å². The molecule has 0 aliphatic carbocycles. The molecule has 2 N–H and O–H groups in total. The highest BCUT2D eigenvalue weighted by Gasteiger charge is 2.25. The standard InChI is InChI=1S/C25H26N4O5/c1-2-15-14-22(30)27-28-23(15)17-5-8-20-21(13-17)34-24(26-20)16-3-6-18(7-4-16)33-19-9-11-29(12-10-19)25(31)32/h3-8,13,15,19H,2,9-12,14H2,1H3,(H,27,30)(H,31,32). The molecule has 9 nitrogen and oxygen atoms in total. The average molecular weight is 463 g/mol. The number of rotatable bonds is 5. The predicted molar refractivity (Wildman–Crippen MR) is 126 cm³/mol. The van der Waals surface area contributed by atoms with E-state index in [0.29, 0.717) is 43.8 Å². The van der Waals surface area contributed by atoms with E-state index in [0.717, 1.165) is 34.5 Å². The molecule has 1 fully saturated rings. The van der Waals surface area contributed by atoms with E-state index in [2.05, 4.69) is 22.4 Å². The Labute approximate surface area is 196 Å². The van der Waals surface area contributed by atoms with Gasteiger partial charge in [0.1, 0.15) is 17.4 Å². The molecule has 0 bridgehead atoms. The lowest BCUT2D eigenvalue weighted by Gasteiger charge is -2.30. The summed E-state index contributed by atoms with van der Waals surface area (Å²) in [7, 11) is 0. The van der Waals surface area contributed by atoms with Crippen molar-refractivity contribution in [3.05, 3.63) is 48.0 Å². The second kappa shape index (κ2) is 9.17. The van der Waals surface area contributed by atoms with Crippen LogP contribution < -0.4 is 10.2 Å². The van der Waals surface area contributed by atoms with Crippen molar-refractivity contribution in [3.8, 4) is 17.2 Å². The summed E-state index contributed by atoms with van der Waals surface area (Å²) in [5.74, 6) is 1.27. The smallest absolute Gasteiger partial charge is 0.407 e. The van der Waals surface area contributed by atoms with Gasteiger partial charge in [-0.1, -0.05) is 13.0 Å². The van der Waals surface area contributed by atoms with E-state index >= 15 is 0 Å². The molecule has 2 amide bonds. The lowest BCUT2D eigenvalue weighted by Crippen LogP contribution is -2.41. The normalized spacial score (nSPS) is 19.1. The summed E-state index contributed by atoms with van der Waals surface area (Å²) < 4.78 is 12.1. The molecule has 5 rings (SSSR count). The summed E-state index contributed by atoms with van der Waals surface area (Å²) in [6, 6.07) is 13.4. The number of fused-ring (bicyclic) bond motifs is 1. The molecule has 0 spiro atoms. The first kappa shape index (κ1) is 21.9. The molecule has 0 saturated carbocycles. The average Bonchev–Trinajstić information content (AvgIpc) is 3.28. The first-order valence-electron chi connectivity index (χ1n) is 11.5. The molecule has 34 heavy (non-hydrogen) atoms. The number of ether oxygens (including phenoxy) is 1. The van der Waals surface area contributed by atoms with E-state index in [1.807, 2.05) is 42.5 Å². The predicted octanol–water partition coefficient (Wildman–Crippen LogP) is 4.27. The van der Waals surface area contributed by atoms with Crippen LogP contribution in [0.5, 0.6) is 5.75 Å². The van der Waals surface area contributed by atoms with Gasteiger partial charge in [0.25, 0.3) is 0 Å². The van der Waals surface area contributed by atoms with Crippen LogP contribution in [0.15, 0.2) is 52.0 Å². The van der Waals surface area contributed by atoms with Gasteiger partial charge in [-0.25, -0.2) is 15.2 Å². The van der Waals surface area contributed by atoms with E-state index in [4.69, 9.17) is 14.3 Å². The third kappa shape index (κ3) is 4.46. The third-order valence-corrected chi connectivity index (χ3v) is 6.41. The topological polar surface area (TPSA) is 117 Å². The number of piperidine rings is 1. The second-order valence-electron chi connectivity index (χ2n) is 8.65. The molecule has 3 aromatic rings. The first-order chi connectivity index (χ1) is 16.5. The quantitative estimate of drug-likeness (QED) is 0.585. The fourth-order valence-corrected chi connectivity index (χ4v) is 4.46. The van der Waals surface area contributed by atoms with Crippen LogP contribution in [0.2, 0.25) is 0 Å². The van der Waals surface area contributed by atoms with Gasteiger partial charge in [-0.05, 0) is 42.8 Å². The Hall–Kier alpha value is -3.88. The van der Waals surface area contributed by atoms with Gasteiger partial charge in [-0.15, -0.1) is 0 Å². The molecule has 0 radical (unpaired) electrons. The van der Waals surface area contributed by atoms with Crippen LogP contribution in [0.25, 0.3) is 22.6 Å². The zero-order chi connectivity index (χ0) is 23.7. The summed E-state index contributed by atoms with van der Waals surface area (Å²) in [4.78, 5) is 28.8. The van der Waals surface area contributed by atoms with Gasteiger partial charge in [-0.2, -0.15) is 5.10 Å². The largest absolute Gasteiger partial charge is 0.490 e. The number of amides is 2. The lowest BCUT2D eigenvalue weighted by molar-refractivity contribution is -0.122. The Balaban J connectivity index is 1.30. The second-order valence-corrected chi connectivity index (χ2v) is 8.65. The van der Waals surface area contributed by atoms with Gasteiger partial charge in [0.05, 0.1) is 5.71 Å². The number of nitrogens with zero attached hydrogens (tertiary/aromatic N) is 3. The fourth-order valence-electron chi connectivity index (χ4n) is 4.46. The number of likely N-dealkylation sites (tertiary alicyclic amines) is 1. The highest BCUT2D eigenvalue weighted by atomic mass is 16.5. The van der Waals surface area contributed by atoms with Crippen LogP contribution >= 0.6 is 0 Å². The van der Waals surface area contributed by atoms with E-state index < -0.39 is 6.09 Å². The van der Waals surface area contributed by atoms with Crippen molar-refractivity contribution in [1.82, 2.24) is 15.3 Å². The van der Waals surface area contributed by atoms with Gasteiger partial charge in [0, 0.05) is 49.4 Å². The number of carbonyl (C=O) groups is 2. The van der Waals surface area contributed by atoms with Crippen molar-refractivity contribution in [2.75, 3.05) is 13.1 Å². The molecule has 176 valence electrons. The zero-order valence-corrected chi connectivity index (χ0v) is 18.9. The van der Waals surface area contributed by atoms with Crippen molar-refractivity contribution < 1.29 is 23.8 Å². The maximum Gasteiger partial charge on any atom is 0.407 e. The van der Waals surface area contributed by atoms with Crippen molar-refractivity contribution in [1.29, 1.82) is 0 Å². The van der Waals surface area contributed by atoms with Crippen LogP contribution in [0, 0.1) is 5.92 Å². The Bertz CT molecular complexity index is 1240. The van der Waals surface area contributed by atoms with Crippen LogP contribution in [0.1, 0.15) is 38.2 Å². The maximum absolute atomic E-state index is 11.7. The molecule has 2 aliphatic rings. The number of carboxylic acid groups (broad SMARTS) is 1. The highest BCUT2D eigenvalue weighted by Crippen LogP contribution is 2.29. The monoisotopic (exact) mass is 462 g/mol. The van der Waals surface area contributed by atoms with E-state index in [-0.39, 0.29) is 17.9 Å². The van der Waals surface area contributed by atoms with Crippen molar-refractivity contribution in [2.45, 2.75) is 38.7 Å².